The molecule has 0 aromatic carbocycles. The Bertz CT molecular complexity index is 833. The van der Waals surface area contributed by atoms with E-state index in [2.05, 4.69) is 62.1 Å². The normalized spacial score (nSPS) is 23.7. The molecule has 0 bridgehead atoms. The molecule has 178 valence electrons. The van der Waals surface area contributed by atoms with Gasteiger partial charge in [0.05, 0.1) is 6.04 Å². The number of piperidine rings is 1. The fraction of sp³-hybridized carbons (Fsp3) is 0.625. The molecule has 32 heavy (non-hydrogen) atoms. The Balaban J connectivity index is 0.00000289. The highest BCUT2D eigenvalue weighted by atomic mass is 127. The molecule has 8 heteroatoms. The van der Waals surface area contributed by atoms with Crippen LogP contribution in [-0.2, 0) is 0 Å². The first-order valence-electron chi connectivity index (χ1n) is 11.6. The topological polar surface area (TPSA) is 56.0 Å². The number of rotatable bonds is 7. The Labute approximate surface area is 213 Å². The lowest BCUT2D eigenvalue weighted by molar-refractivity contribution is 0.125. The highest BCUT2D eigenvalue weighted by Crippen LogP contribution is 2.36. The molecule has 2 N–H and O–H groups in total. The van der Waals surface area contributed by atoms with Crippen molar-refractivity contribution < 1.29 is 4.42 Å². The maximum atomic E-state index is 6.00. The van der Waals surface area contributed by atoms with Gasteiger partial charge in [-0.2, -0.15) is 0 Å². The third-order valence-corrected chi connectivity index (χ3v) is 7.67. The van der Waals surface area contributed by atoms with Gasteiger partial charge < -0.3 is 15.1 Å². The van der Waals surface area contributed by atoms with Gasteiger partial charge in [0.2, 0.25) is 0 Å². The molecule has 0 saturated carbocycles. The number of aryl methyl sites for hydroxylation is 1. The molecule has 0 radical (unpaired) electrons. The summed E-state index contributed by atoms with van der Waals surface area (Å²) in [5.41, 5.74) is 0. The van der Waals surface area contributed by atoms with E-state index in [0.717, 1.165) is 43.7 Å². The van der Waals surface area contributed by atoms with Gasteiger partial charge in [-0.15, -0.1) is 35.3 Å². The van der Waals surface area contributed by atoms with Crippen molar-refractivity contribution in [3.63, 3.8) is 0 Å². The van der Waals surface area contributed by atoms with Crippen LogP contribution in [0, 0.1) is 12.8 Å². The molecule has 4 rings (SSSR count). The number of aliphatic imine (C=N–C) groups is 1. The zero-order valence-corrected chi connectivity index (χ0v) is 22.7. The van der Waals surface area contributed by atoms with Crippen molar-refractivity contribution in [1.82, 2.24) is 20.4 Å². The Morgan fingerprint density at radius 1 is 1.19 bits per heavy atom. The van der Waals surface area contributed by atoms with Crippen molar-refractivity contribution >= 4 is 41.3 Å². The molecule has 2 aromatic rings. The first-order valence-corrected chi connectivity index (χ1v) is 12.5. The number of hydrogen-bond acceptors (Lipinski definition) is 5. The lowest BCUT2D eigenvalue weighted by Gasteiger charge is -2.39. The van der Waals surface area contributed by atoms with Crippen molar-refractivity contribution in [2.45, 2.75) is 44.7 Å². The second-order valence-corrected chi connectivity index (χ2v) is 9.86. The summed E-state index contributed by atoms with van der Waals surface area (Å²) in [6.07, 6.45) is 5.04. The molecule has 2 saturated heterocycles. The minimum absolute atomic E-state index is 0. The minimum atomic E-state index is 0. The molecular formula is C24H38IN5OS. The highest BCUT2D eigenvalue weighted by molar-refractivity contribution is 14.0. The largest absolute Gasteiger partial charge is 0.465 e. The minimum Gasteiger partial charge on any atom is -0.465 e. The van der Waals surface area contributed by atoms with E-state index in [1.165, 1.54) is 37.1 Å². The third kappa shape index (κ3) is 6.27. The molecular weight excluding hydrogens is 533 g/mol. The average molecular weight is 572 g/mol. The van der Waals surface area contributed by atoms with Crippen LogP contribution in [0.4, 0.5) is 0 Å². The van der Waals surface area contributed by atoms with Gasteiger partial charge in [-0.05, 0) is 88.8 Å². The van der Waals surface area contributed by atoms with Gasteiger partial charge in [0.1, 0.15) is 11.5 Å². The van der Waals surface area contributed by atoms with Crippen molar-refractivity contribution in [1.29, 1.82) is 0 Å². The fourth-order valence-corrected chi connectivity index (χ4v) is 6.10. The van der Waals surface area contributed by atoms with Gasteiger partial charge in [0.25, 0.3) is 0 Å². The summed E-state index contributed by atoms with van der Waals surface area (Å²) < 4.78 is 6.00. The molecule has 6 nitrogen and oxygen atoms in total. The van der Waals surface area contributed by atoms with Gasteiger partial charge in [0.15, 0.2) is 5.96 Å². The smallest absolute Gasteiger partial charge is 0.191 e. The van der Waals surface area contributed by atoms with Crippen LogP contribution in [0.1, 0.15) is 54.2 Å². The Morgan fingerprint density at radius 3 is 2.66 bits per heavy atom. The van der Waals surface area contributed by atoms with Crippen LogP contribution in [0.3, 0.4) is 0 Å². The van der Waals surface area contributed by atoms with E-state index in [0.29, 0.717) is 12.0 Å². The second kappa shape index (κ2) is 12.4. The fourth-order valence-electron chi connectivity index (χ4n) is 5.12. The molecule has 0 aliphatic carbocycles. The summed E-state index contributed by atoms with van der Waals surface area (Å²) in [5, 5.41) is 9.39. The summed E-state index contributed by atoms with van der Waals surface area (Å²) >= 11 is 1.87. The molecule has 0 spiro atoms. The van der Waals surface area contributed by atoms with Crippen LogP contribution in [-0.4, -0.2) is 62.6 Å². The quantitative estimate of drug-likeness (QED) is 0.288. The average Bonchev–Trinajstić information content (AvgIpc) is 3.54. The van der Waals surface area contributed by atoms with Gasteiger partial charge in [-0.25, -0.2) is 0 Å². The number of guanidine groups is 1. The van der Waals surface area contributed by atoms with Gasteiger partial charge in [0, 0.05) is 31.1 Å². The zero-order chi connectivity index (χ0) is 21.6. The van der Waals surface area contributed by atoms with Crippen LogP contribution in [0.15, 0.2) is 39.1 Å². The Kier molecular flexibility index (Phi) is 9.88. The van der Waals surface area contributed by atoms with E-state index >= 15 is 0 Å². The lowest BCUT2D eigenvalue weighted by atomic mass is 9.88. The van der Waals surface area contributed by atoms with Crippen LogP contribution < -0.4 is 10.6 Å². The lowest BCUT2D eigenvalue weighted by Crippen LogP contribution is -2.46. The van der Waals surface area contributed by atoms with Crippen LogP contribution in [0.25, 0.3) is 0 Å². The third-order valence-electron chi connectivity index (χ3n) is 6.73. The van der Waals surface area contributed by atoms with Crippen molar-refractivity contribution in [2.75, 3.05) is 46.8 Å². The predicted octanol–water partition coefficient (Wildman–Crippen LogP) is 4.65. The van der Waals surface area contributed by atoms with E-state index in [9.17, 15) is 0 Å². The van der Waals surface area contributed by atoms with Crippen LogP contribution in [0.5, 0.6) is 0 Å². The molecule has 2 aliphatic rings. The summed E-state index contributed by atoms with van der Waals surface area (Å²) in [6, 6.07) is 9.37. The van der Waals surface area contributed by atoms with Gasteiger partial charge in [-0.3, -0.25) is 14.8 Å². The van der Waals surface area contributed by atoms with Crippen molar-refractivity contribution in [2.24, 2.45) is 10.9 Å². The van der Waals surface area contributed by atoms with Gasteiger partial charge in [-0.1, -0.05) is 6.07 Å². The Hall–Kier alpha value is -1.10. The second-order valence-electron chi connectivity index (χ2n) is 8.88. The maximum absolute atomic E-state index is 6.00. The summed E-state index contributed by atoms with van der Waals surface area (Å²) in [4.78, 5) is 11.0. The number of thiophene rings is 1. The number of nitrogens with one attached hydrogen (secondary N) is 2. The van der Waals surface area contributed by atoms with E-state index in [1.54, 1.807) is 0 Å². The summed E-state index contributed by atoms with van der Waals surface area (Å²) in [7, 11) is 4.12. The molecule has 0 amide bonds. The Morgan fingerprint density at radius 2 is 2.00 bits per heavy atom. The molecule has 3 unspecified atom stereocenters. The number of hydrogen-bond donors (Lipinski definition) is 2. The molecule has 3 atom stereocenters. The van der Waals surface area contributed by atoms with E-state index in [1.807, 2.05) is 25.3 Å². The first kappa shape index (κ1) is 25.5. The van der Waals surface area contributed by atoms with Crippen LogP contribution in [0.2, 0.25) is 0 Å². The van der Waals surface area contributed by atoms with E-state index in [-0.39, 0.29) is 30.0 Å². The first-order chi connectivity index (χ1) is 15.2. The number of nitrogens with zero attached hydrogens (tertiary/aromatic N) is 3. The summed E-state index contributed by atoms with van der Waals surface area (Å²) in [5.74, 6) is 3.49. The van der Waals surface area contributed by atoms with E-state index < -0.39 is 0 Å². The van der Waals surface area contributed by atoms with Crippen molar-refractivity contribution in [3.05, 3.63) is 46.0 Å². The predicted molar refractivity (Wildman–Crippen MR) is 144 cm³/mol. The summed E-state index contributed by atoms with van der Waals surface area (Å²) in [6.45, 7) is 7.19. The van der Waals surface area contributed by atoms with Crippen LogP contribution >= 0.6 is 35.3 Å². The SMILES string of the molecule is CN=C(NCC1CCCN(C)C1c1cccs1)NCC(c1ccc(C)o1)N1CCCC1.I. The standard InChI is InChI=1S/C24H37N5OS.HI/c1-18-10-11-21(30-18)20(29-13-4-5-14-29)17-27-24(25-2)26-16-19-8-6-12-28(3)23(19)22-9-7-15-31-22;/h7,9-11,15,19-20,23H,4-6,8,12-14,16-17H2,1-3H3,(H2,25,26,27);1H. The zero-order valence-electron chi connectivity index (χ0n) is 19.5. The van der Waals surface area contributed by atoms with Crippen molar-refractivity contribution in [3.8, 4) is 0 Å². The molecule has 2 aliphatic heterocycles. The number of halogens is 1. The number of furan rings is 1. The monoisotopic (exact) mass is 571 g/mol. The molecule has 2 aromatic heterocycles. The maximum Gasteiger partial charge on any atom is 0.191 e. The molecule has 2 fully saturated rings. The number of likely N-dealkylation sites (tertiary alicyclic amines) is 2. The highest BCUT2D eigenvalue weighted by Gasteiger charge is 2.31. The van der Waals surface area contributed by atoms with E-state index in [4.69, 9.17) is 4.42 Å². The molecule has 4 heterocycles. The van der Waals surface area contributed by atoms with Gasteiger partial charge >= 0.3 is 0 Å².